The van der Waals surface area contributed by atoms with Crippen molar-refractivity contribution in [3.8, 4) is 11.5 Å². The molecule has 0 aliphatic carbocycles. The number of aromatic hydroxyl groups is 1. The molecule has 2 aromatic carbocycles. The van der Waals surface area contributed by atoms with Crippen LogP contribution in [-0.4, -0.2) is 49.8 Å². The minimum atomic E-state index is -2.95. The van der Waals surface area contributed by atoms with Crippen LogP contribution in [0.1, 0.15) is 6.92 Å². The number of quaternary nitrogens is 1. The number of para-hydroxylation sites is 2. The summed E-state index contributed by atoms with van der Waals surface area (Å²) < 4.78 is 29.5. The molecule has 0 saturated carbocycles. The third-order valence-corrected chi connectivity index (χ3v) is 4.99. The Morgan fingerprint density at radius 2 is 1.79 bits per heavy atom. The number of hydrogen-bond acceptors (Lipinski definition) is 4. The van der Waals surface area contributed by atoms with Crippen LogP contribution >= 0.6 is 0 Å². The Morgan fingerprint density at radius 3 is 2.43 bits per heavy atom. The largest absolute Gasteiger partial charge is 0.508 e. The molecule has 1 fully saturated rings. The Hall–Kier alpha value is -2.87. The van der Waals surface area contributed by atoms with Crippen molar-refractivity contribution < 1.29 is 28.3 Å². The summed E-state index contributed by atoms with van der Waals surface area (Å²) in [5, 5.41) is 12.1. The maximum absolute atomic E-state index is 12.6. The van der Waals surface area contributed by atoms with Crippen LogP contribution in [0.25, 0.3) is 0 Å². The Kier molecular flexibility index (Phi) is 6.30. The first-order valence-corrected chi connectivity index (χ1v) is 9.17. The van der Waals surface area contributed by atoms with Crippen molar-refractivity contribution in [2.24, 2.45) is 0 Å². The van der Waals surface area contributed by atoms with Crippen molar-refractivity contribution in [2.75, 3.05) is 36.4 Å². The Morgan fingerprint density at radius 1 is 1.14 bits per heavy atom. The van der Waals surface area contributed by atoms with Gasteiger partial charge in [0, 0.05) is 5.69 Å². The third-order valence-electron chi connectivity index (χ3n) is 4.99. The molecule has 3 rings (SSSR count). The zero-order valence-corrected chi connectivity index (χ0v) is 15.6. The lowest BCUT2D eigenvalue weighted by Crippen LogP contribution is -3.19. The first-order valence-electron chi connectivity index (χ1n) is 9.17. The number of alkyl halides is 2. The smallest absolute Gasteiger partial charge is 0.387 e. The lowest BCUT2D eigenvalue weighted by molar-refractivity contribution is -0.914. The van der Waals surface area contributed by atoms with E-state index in [9.17, 15) is 18.7 Å². The molecule has 0 aromatic heterocycles. The highest BCUT2D eigenvalue weighted by Crippen LogP contribution is 2.25. The van der Waals surface area contributed by atoms with Crippen LogP contribution in [0, 0.1) is 0 Å². The third kappa shape index (κ3) is 4.89. The second-order valence-electron chi connectivity index (χ2n) is 6.75. The molecule has 150 valence electrons. The van der Waals surface area contributed by atoms with E-state index >= 15 is 0 Å². The molecule has 1 aliphatic rings. The molecule has 3 N–H and O–H groups in total. The van der Waals surface area contributed by atoms with E-state index in [0.29, 0.717) is 0 Å². The molecule has 1 saturated heterocycles. The lowest BCUT2D eigenvalue weighted by atomic mass is 10.2. The van der Waals surface area contributed by atoms with Gasteiger partial charge in [-0.15, -0.1) is 0 Å². The number of phenolic OH excluding ortho intramolecular Hbond substituents is 1. The van der Waals surface area contributed by atoms with Gasteiger partial charge in [-0.1, -0.05) is 12.1 Å². The molecule has 0 bridgehead atoms. The number of amides is 1. The topological polar surface area (TPSA) is 66.2 Å². The average molecular weight is 392 g/mol. The predicted octanol–water partition coefficient (Wildman–Crippen LogP) is 1.73. The fourth-order valence-electron chi connectivity index (χ4n) is 3.34. The quantitative estimate of drug-likeness (QED) is 0.701. The number of anilines is 2. The zero-order valence-electron chi connectivity index (χ0n) is 15.6. The minimum absolute atomic E-state index is 0.0507. The van der Waals surface area contributed by atoms with Crippen molar-refractivity contribution in [1.82, 2.24) is 0 Å². The van der Waals surface area contributed by atoms with Crippen LogP contribution in [0.3, 0.4) is 0 Å². The summed E-state index contributed by atoms with van der Waals surface area (Å²) in [7, 11) is 0. The summed E-state index contributed by atoms with van der Waals surface area (Å²) in [4.78, 5) is 16.0. The van der Waals surface area contributed by atoms with E-state index in [1.165, 1.54) is 6.07 Å². The number of rotatable bonds is 6. The molecule has 6 nitrogen and oxygen atoms in total. The second-order valence-corrected chi connectivity index (χ2v) is 6.75. The number of carbonyl (C=O) groups excluding carboxylic acids is 1. The van der Waals surface area contributed by atoms with Gasteiger partial charge in [0.25, 0.3) is 5.91 Å². The van der Waals surface area contributed by atoms with Crippen LogP contribution in [0.15, 0.2) is 48.5 Å². The van der Waals surface area contributed by atoms with Crippen LogP contribution in [0.2, 0.25) is 0 Å². The molecule has 2 aromatic rings. The Labute approximate surface area is 162 Å². The minimum Gasteiger partial charge on any atom is -0.508 e. The number of phenols is 1. The van der Waals surface area contributed by atoms with Crippen LogP contribution in [-0.2, 0) is 4.79 Å². The van der Waals surface area contributed by atoms with Crippen LogP contribution in [0.4, 0.5) is 20.2 Å². The van der Waals surface area contributed by atoms with E-state index < -0.39 is 6.61 Å². The SMILES string of the molecule is C[C@@H](C(=O)Nc1ccccc1OC(F)F)[NH+]1CCN(c2ccc(O)cc2)CC1. The number of hydrogen-bond donors (Lipinski definition) is 3. The summed E-state index contributed by atoms with van der Waals surface area (Å²) in [5.41, 5.74) is 1.27. The number of carbonyl (C=O) groups is 1. The molecule has 0 unspecified atom stereocenters. The molecule has 1 atom stereocenters. The summed E-state index contributed by atoms with van der Waals surface area (Å²) in [5.74, 6) is -0.0574. The standard InChI is InChI=1S/C20H23F2N3O3/c1-14(19(27)23-17-4-2-3-5-18(17)28-20(21)22)24-10-12-25(13-11-24)15-6-8-16(26)9-7-15/h2-9,14,20,26H,10-13H2,1H3,(H,23,27)/p+1/t14-/m0/s1. The van der Waals surface area contributed by atoms with Gasteiger partial charge in [-0.3, -0.25) is 4.79 Å². The van der Waals surface area contributed by atoms with Gasteiger partial charge in [-0.2, -0.15) is 8.78 Å². The van der Waals surface area contributed by atoms with E-state index in [-0.39, 0.29) is 29.1 Å². The van der Waals surface area contributed by atoms with Gasteiger partial charge in [-0.05, 0) is 43.3 Å². The van der Waals surface area contributed by atoms with Gasteiger partial charge in [0.1, 0.15) is 11.5 Å². The number of halogens is 2. The van der Waals surface area contributed by atoms with Gasteiger partial charge in [-0.25, -0.2) is 0 Å². The van der Waals surface area contributed by atoms with Crippen molar-refractivity contribution in [3.05, 3.63) is 48.5 Å². The van der Waals surface area contributed by atoms with Crippen molar-refractivity contribution in [1.29, 1.82) is 0 Å². The Balaban J connectivity index is 1.57. The predicted molar refractivity (Wildman–Crippen MR) is 102 cm³/mol. The molecule has 1 amide bonds. The number of nitrogens with one attached hydrogen (secondary N) is 2. The maximum atomic E-state index is 12.6. The summed E-state index contributed by atoms with van der Waals surface area (Å²) in [6.07, 6.45) is 0. The van der Waals surface area contributed by atoms with Crippen LogP contribution < -0.4 is 19.9 Å². The Bertz CT molecular complexity index is 794. The molecule has 1 heterocycles. The van der Waals surface area contributed by atoms with Gasteiger partial charge in [0.15, 0.2) is 6.04 Å². The molecule has 8 heteroatoms. The van der Waals surface area contributed by atoms with Gasteiger partial charge in [0.2, 0.25) is 0 Å². The molecular weight excluding hydrogens is 368 g/mol. The van der Waals surface area contributed by atoms with E-state index in [1.54, 1.807) is 30.3 Å². The van der Waals surface area contributed by atoms with Gasteiger partial charge >= 0.3 is 6.61 Å². The zero-order chi connectivity index (χ0) is 20.1. The maximum Gasteiger partial charge on any atom is 0.387 e. The first kappa shape index (κ1) is 19.9. The normalized spacial score (nSPS) is 16.1. The van der Waals surface area contributed by atoms with E-state index in [1.807, 2.05) is 19.1 Å². The molecule has 0 spiro atoms. The number of ether oxygens (including phenoxy) is 1. The lowest BCUT2D eigenvalue weighted by Gasteiger charge is -2.36. The van der Waals surface area contributed by atoms with Gasteiger partial charge < -0.3 is 25.0 Å². The highest BCUT2D eigenvalue weighted by atomic mass is 19.3. The number of benzene rings is 2. The van der Waals surface area contributed by atoms with Crippen molar-refractivity contribution >= 4 is 17.3 Å². The van der Waals surface area contributed by atoms with E-state index in [0.717, 1.165) is 36.8 Å². The monoisotopic (exact) mass is 392 g/mol. The van der Waals surface area contributed by atoms with Gasteiger partial charge in [0.05, 0.1) is 31.9 Å². The summed E-state index contributed by atoms with van der Waals surface area (Å²) in [6.45, 7) is 1.98. The first-order chi connectivity index (χ1) is 13.4. The van der Waals surface area contributed by atoms with E-state index in [2.05, 4.69) is 15.0 Å². The number of nitrogens with zero attached hydrogens (tertiary/aromatic N) is 1. The molecular formula is C20H24F2N3O3+. The molecule has 1 aliphatic heterocycles. The fourth-order valence-corrected chi connectivity index (χ4v) is 3.34. The van der Waals surface area contributed by atoms with Crippen LogP contribution in [0.5, 0.6) is 11.5 Å². The highest BCUT2D eigenvalue weighted by molar-refractivity contribution is 5.94. The summed E-state index contributed by atoms with van der Waals surface area (Å²) in [6, 6.07) is 12.9. The second kappa shape index (κ2) is 8.88. The average Bonchev–Trinajstić information content (AvgIpc) is 2.69. The molecule has 0 radical (unpaired) electrons. The van der Waals surface area contributed by atoms with Crippen molar-refractivity contribution in [2.45, 2.75) is 19.6 Å². The molecule has 28 heavy (non-hydrogen) atoms. The highest BCUT2D eigenvalue weighted by Gasteiger charge is 2.29. The van der Waals surface area contributed by atoms with Crippen molar-refractivity contribution in [3.63, 3.8) is 0 Å². The van der Waals surface area contributed by atoms with E-state index in [4.69, 9.17) is 0 Å². The summed E-state index contributed by atoms with van der Waals surface area (Å²) >= 11 is 0. The fraction of sp³-hybridized carbons (Fsp3) is 0.350. The number of piperazine rings is 1.